The zero-order valence-electron chi connectivity index (χ0n) is 15.8. The van der Waals surface area contributed by atoms with Crippen molar-refractivity contribution in [3.63, 3.8) is 0 Å². The molecule has 0 aliphatic heterocycles. The van der Waals surface area contributed by atoms with Gasteiger partial charge >= 0.3 is 5.97 Å². The normalized spacial score (nSPS) is 11.2. The monoisotopic (exact) mass is 394 g/mol. The first-order valence-electron chi connectivity index (χ1n) is 8.60. The first-order chi connectivity index (χ1) is 14.0. The summed E-state index contributed by atoms with van der Waals surface area (Å²) in [6, 6.07) is 12.3. The van der Waals surface area contributed by atoms with Crippen molar-refractivity contribution in [3.05, 3.63) is 65.7 Å². The second-order valence-electron chi connectivity index (χ2n) is 6.04. The van der Waals surface area contributed by atoms with Gasteiger partial charge in [0.25, 0.3) is 11.8 Å². The molecular weight excluding hydrogens is 376 g/mol. The number of esters is 1. The molecule has 0 spiro atoms. The Hall–Kier alpha value is -4.08. The van der Waals surface area contributed by atoms with Crippen LogP contribution in [0.1, 0.15) is 21.9 Å². The van der Waals surface area contributed by atoms with Gasteiger partial charge in [-0.3, -0.25) is 14.9 Å². The Bertz CT molecular complexity index is 1070. The van der Waals surface area contributed by atoms with E-state index in [4.69, 9.17) is 4.74 Å². The zero-order chi connectivity index (χ0) is 20.8. The summed E-state index contributed by atoms with van der Waals surface area (Å²) in [6.07, 6.45) is 3.22. The molecule has 2 amide bonds. The van der Waals surface area contributed by atoms with E-state index in [1.165, 1.54) is 4.68 Å². The number of carbonyl (C=O) groups is 3. The van der Waals surface area contributed by atoms with Crippen molar-refractivity contribution < 1.29 is 19.1 Å². The second kappa shape index (κ2) is 8.74. The number of ether oxygens (including phenoxy) is 1. The summed E-state index contributed by atoms with van der Waals surface area (Å²) in [4.78, 5) is 36.7. The zero-order valence-corrected chi connectivity index (χ0v) is 15.8. The van der Waals surface area contributed by atoms with Crippen LogP contribution < -0.4 is 5.32 Å². The number of aryl methyl sites for hydroxylation is 2. The molecule has 1 N–H and O–H groups in total. The average Bonchev–Trinajstić information content (AvgIpc) is 3.33. The van der Waals surface area contributed by atoms with Crippen molar-refractivity contribution in [2.45, 2.75) is 6.92 Å². The summed E-state index contributed by atoms with van der Waals surface area (Å²) in [6.45, 7) is 0.986. The maximum absolute atomic E-state index is 12.6. The SMILES string of the molecule is Cc1nnnn1C(=Cc1ccccc1)C(=O)OCC(=O)NC(=O)c1cccn1C. The van der Waals surface area contributed by atoms with Crippen LogP contribution in [0.15, 0.2) is 48.7 Å². The van der Waals surface area contributed by atoms with Crippen molar-refractivity contribution in [2.75, 3.05) is 6.61 Å². The fraction of sp³-hybridized carbons (Fsp3) is 0.158. The molecule has 0 radical (unpaired) electrons. The van der Waals surface area contributed by atoms with Crippen LogP contribution in [0.25, 0.3) is 11.8 Å². The van der Waals surface area contributed by atoms with Crippen molar-refractivity contribution in [1.29, 1.82) is 0 Å². The number of nitrogens with one attached hydrogen (secondary N) is 1. The molecule has 1 aromatic carbocycles. The van der Waals surface area contributed by atoms with Gasteiger partial charge < -0.3 is 9.30 Å². The Kier molecular flexibility index (Phi) is 5.93. The molecule has 0 bridgehead atoms. The van der Waals surface area contributed by atoms with Gasteiger partial charge in [-0.05, 0) is 41.1 Å². The third kappa shape index (κ3) is 4.80. The number of amides is 2. The summed E-state index contributed by atoms with van der Waals surface area (Å²) in [7, 11) is 1.68. The van der Waals surface area contributed by atoms with Gasteiger partial charge in [-0.2, -0.15) is 4.68 Å². The van der Waals surface area contributed by atoms with Gasteiger partial charge in [0.2, 0.25) is 0 Å². The molecule has 0 saturated heterocycles. The third-order valence-electron chi connectivity index (χ3n) is 3.93. The van der Waals surface area contributed by atoms with Gasteiger partial charge in [0.15, 0.2) is 18.1 Å². The number of hydrogen-bond donors (Lipinski definition) is 1. The molecule has 10 heteroatoms. The lowest BCUT2D eigenvalue weighted by molar-refractivity contribution is -0.143. The van der Waals surface area contributed by atoms with Gasteiger partial charge in [0, 0.05) is 13.2 Å². The van der Waals surface area contributed by atoms with Crippen LogP contribution in [-0.4, -0.2) is 49.2 Å². The molecule has 0 aliphatic carbocycles. The highest BCUT2D eigenvalue weighted by atomic mass is 16.5. The van der Waals surface area contributed by atoms with Crippen molar-refractivity contribution in [2.24, 2.45) is 7.05 Å². The maximum Gasteiger partial charge on any atom is 0.357 e. The molecule has 3 rings (SSSR count). The molecule has 29 heavy (non-hydrogen) atoms. The fourth-order valence-electron chi connectivity index (χ4n) is 2.50. The lowest BCUT2D eigenvalue weighted by Gasteiger charge is -2.09. The Morgan fingerprint density at radius 3 is 2.52 bits per heavy atom. The lowest BCUT2D eigenvalue weighted by Crippen LogP contribution is -2.35. The second-order valence-corrected chi connectivity index (χ2v) is 6.04. The predicted molar refractivity (Wildman–Crippen MR) is 102 cm³/mol. The Morgan fingerprint density at radius 1 is 1.14 bits per heavy atom. The van der Waals surface area contributed by atoms with Gasteiger partial charge in [-0.25, -0.2) is 4.79 Å². The highest BCUT2D eigenvalue weighted by molar-refractivity contribution is 6.16. The highest BCUT2D eigenvalue weighted by Crippen LogP contribution is 2.13. The maximum atomic E-state index is 12.6. The van der Waals surface area contributed by atoms with Crippen LogP contribution in [0.4, 0.5) is 0 Å². The summed E-state index contributed by atoms with van der Waals surface area (Å²) < 4.78 is 7.85. The molecule has 2 heterocycles. The minimum Gasteiger partial charge on any atom is -0.451 e. The average molecular weight is 394 g/mol. The number of carbonyl (C=O) groups excluding carboxylic acids is 3. The van der Waals surface area contributed by atoms with Crippen molar-refractivity contribution in [3.8, 4) is 0 Å². The number of aromatic nitrogens is 5. The van der Waals surface area contributed by atoms with Crippen LogP contribution in [0.2, 0.25) is 0 Å². The number of tetrazole rings is 1. The first-order valence-corrected chi connectivity index (χ1v) is 8.60. The standard InChI is InChI=1S/C19H18N6O4/c1-13-21-22-23-25(13)16(11-14-7-4-3-5-8-14)19(28)29-12-17(26)20-18(27)15-9-6-10-24(15)2/h3-11H,12H2,1-2H3,(H,20,26,27). The van der Waals surface area contributed by atoms with Crippen LogP contribution in [-0.2, 0) is 21.4 Å². The number of benzene rings is 1. The smallest absolute Gasteiger partial charge is 0.357 e. The van der Waals surface area contributed by atoms with E-state index in [1.54, 1.807) is 55.1 Å². The Morgan fingerprint density at radius 2 is 1.90 bits per heavy atom. The molecule has 10 nitrogen and oxygen atoms in total. The molecule has 3 aromatic rings. The third-order valence-corrected chi connectivity index (χ3v) is 3.93. The number of hydrogen-bond acceptors (Lipinski definition) is 7. The van der Waals surface area contributed by atoms with Crippen molar-refractivity contribution >= 4 is 29.6 Å². The highest BCUT2D eigenvalue weighted by Gasteiger charge is 2.20. The topological polar surface area (TPSA) is 121 Å². The summed E-state index contributed by atoms with van der Waals surface area (Å²) in [5, 5.41) is 13.2. The summed E-state index contributed by atoms with van der Waals surface area (Å²) in [5.74, 6) is -1.79. The van der Waals surface area contributed by atoms with E-state index >= 15 is 0 Å². The Balaban J connectivity index is 1.70. The number of nitrogens with zero attached hydrogens (tertiary/aromatic N) is 5. The van der Waals surface area contributed by atoms with E-state index in [0.29, 0.717) is 11.5 Å². The molecular formula is C19H18N6O4. The molecule has 148 valence electrons. The minimum absolute atomic E-state index is 0.0280. The number of rotatable bonds is 6. The van der Waals surface area contributed by atoms with Crippen molar-refractivity contribution in [1.82, 2.24) is 30.1 Å². The molecule has 0 saturated carbocycles. The largest absolute Gasteiger partial charge is 0.451 e. The van der Waals surface area contributed by atoms with Gasteiger partial charge in [0.05, 0.1) is 0 Å². The van der Waals surface area contributed by atoms with Crippen LogP contribution in [0.5, 0.6) is 0 Å². The summed E-state index contributed by atoms with van der Waals surface area (Å²) >= 11 is 0. The first kappa shape index (κ1) is 19.7. The van der Waals surface area contributed by atoms with E-state index < -0.39 is 24.4 Å². The van der Waals surface area contributed by atoms with E-state index in [9.17, 15) is 14.4 Å². The van der Waals surface area contributed by atoms with Crippen LogP contribution >= 0.6 is 0 Å². The molecule has 2 aromatic heterocycles. The van der Waals surface area contributed by atoms with Crippen LogP contribution in [0, 0.1) is 6.92 Å². The van der Waals surface area contributed by atoms with E-state index in [0.717, 1.165) is 5.56 Å². The van der Waals surface area contributed by atoms with E-state index in [-0.39, 0.29) is 5.70 Å². The van der Waals surface area contributed by atoms with Gasteiger partial charge in [-0.1, -0.05) is 30.3 Å². The van der Waals surface area contributed by atoms with Gasteiger partial charge in [0.1, 0.15) is 5.69 Å². The van der Waals surface area contributed by atoms with E-state index in [1.807, 2.05) is 18.2 Å². The molecule has 0 unspecified atom stereocenters. The quantitative estimate of drug-likeness (QED) is 0.485. The van der Waals surface area contributed by atoms with Gasteiger partial charge in [-0.15, -0.1) is 5.10 Å². The Labute approximate surface area is 165 Å². The molecule has 0 fully saturated rings. The predicted octanol–water partition coefficient (Wildman–Crippen LogP) is 0.818. The van der Waals surface area contributed by atoms with E-state index in [2.05, 4.69) is 20.8 Å². The summed E-state index contributed by atoms with van der Waals surface area (Å²) in [5.41, 5.74) is 1.05. The van der Waals surface area contributed by atoms with Crippen LogP contribution in [0.3, 0.4) is 0 Å². The molecule has 0 aliphatic rings. The molecule has 0 atom stereocenters. The fourth-order valence-corrected chi connectivity index (χ4v) is 2.50. The number of imide groups is 1. The lowest BCUT2D eigenvalue weighted by atomic mass is 10.2. The minimum atomic E-state index is -0.814.